The Labute approximate surface area is 190 Å². The van der Waals surface area contributed by atoms with E-state index < -0.39 is 18.2 Å². The van der Waals surface area contributed by atoms with Crippen molar-refractivity contribution in [3.05, 3.63) is 48.0 Å². The number of benzene rings is 1. The number of hydrogen-bond acceptors (Lipinski definition) is 5. The Balaban J connectivity index is 0.000000675. The minimum Gasteiger partial charge on any atom is -0.475 e. The van der Waals surface area contributed by atoms with Gasteiger partial charge >= 0.3 is 12.1 Å². The van der Waals surface area contributed by atoms with Gasteiger partial charge in [-0.15, -0.1) is 0 Å². The van der Waals surface area contributed by atoms with Crippen molar-refractivity contribution in [1.82, 2.24) is 10.6 Å². The van der Waals surface area contributed by atoms with Crippen molar-refractivity contribution in [3.8, 4) is 0 Å². The first-order chi connectivity index (χ1) is 15.4. The quantitative estimate of drug-likeness (QED) is 0.364. The molecular formula is C22H30F3N3O5. The third-order valence-electron chi connectivity index (χ3n) is 4.80. The van der Waals surface area contributed by atoms with Crippen LogP contribution in [0, 0.1) is 0 Å². The number of aryl methyl sites for hydroxylation is 1. The van der Waals surface area contributed by atoms with Gasteiger partial charge in [-0.1, -0.05) is 36.4 Å². The number of carboxylic acid groups (broad SMARTS) is 1. The van der Waals surface area contributed by atoms with Gasteiger partial charge in [0.05, 0.1) is 12.1 Å². The van der Waals surface area contributed by atoms with Gasteiger partial charge < -0.3 is 26.6 Å². The molecule has 0 bridgehead atoms. The summed E-state index contributed by atoms with van der Waals surface area (Å²) in [5, 5.41) is 22.4. The van der Waals surface area contributed by atoms with E-state index in [9.17, 15) is 27.9 Å². The molecule has 11 heteroatoms. The minimum absolute atomic E-state index is 0.0172. The predicted molar refractivity (Wildman–Crippen MR) is 115 cm³/mol. The number of nitrogens with two attached hydrogens (primary N) is 1. The largest absolute Gasteiger partial charge is 0.490 e. The maximum absolute atomic E-state index is 12.1. The highest BCUT2D eigenvalue weighted by Gasteiger charge is 2.38. The molecule has 4 atom stereocenters. The molecule has 1 saturated carbocycles. The lowest BCUT2D eigenvalue weighted by Crippen LogP contribution is -2.43. The summed E-state index contributed by atoms with van der Waals surface area (Å²) in [4.78, 5) is 32.9. The highest BCUT2D eigenvalue weighted by atomic mass is 19.4. The van der Waals surface area contributed by atoms with E-state index in [2.05, 4.69) is 10.6 Å². The van der Waals surface area contributed by atoms with Crippen LogP contribution < -0.4 is 16.4 Å². The van der Waals surface area contributed by atoms with E-state index >= 15 is 0 Å². The molecule has 0 aromatic heterocycles. The number of amides is 2. The maximum Gasteiger partial charge on any atom is 0.490 e. The number of nitrogens with one attached hydrogen (secondary N) is 2. The molecule has 0 spiro atoms. The second kappa shape index (κ2) is 13.6. The summed E-state index contributed by atoms with van der Waals surface area (Å²) >= 11 is 0. The molecule has 1 aliphatic carbocycles. The Morgan fingerprint density at radius 3 is 2.30 bits per heavy atom. The van der Waals surface area contributed by atoms with Gasteiger partial charge in [0.25, 0.3) is 0 Å². The van der Waals surface area contributed by atoms with E-state index in [-0.39, 0.29) is 30.0 Å². The van der Waals surface area contributed by atoms with Crippen LogP contribution >= 0.6 is 0 Å². The van der Waals surface area contributed by atoms with E-state index in [0.717, 1.165) is 19.3 Å². The number of aliphatic hydroxyl groups excluding tert-OH is 1. The van der Waals surface area contributed by atoms with Crippen LogP contribution in [0.3, 0.4) is 0 Å². The normalized spacial score (nSPS) is 19.8. The Kier molecular flexibility index (Phi) is 11.6. The molecule has 2 rings (SSSR count). The van der Waals surface area contributed by atoms with Crippen LogP contribution in [0.2, 0.25) is 0 Å². The lowest BCUT2D eigenvalue weighted by atomic mass is 10.0. The first-order valence-electron chi connectivity index (χ1n) is 10.4. The number of aliphatic carboxylic acids is 1. The molecule has 0 radical (unpaired) electrons. The van der Waals surface area contributed by atoms with Crippen LogP contribution in [0.5, 0.6) is 0 Å². The Morgan fingerprint density at radius 1 is 1.21 bits per heavy atom. The molecule has 1 aromatic carbocycles. The van der Waals surface area contributed by atoms with Gasteiger partial charge in [-0.2, -0.15) is 13.2 Å². The van der Waals surface area contributed by atoms with Gasteiger partial charge in [-0.25, -0.2) is 4.79 Å². The molecule has 1 aliphatic rings. The summed E-state index contributed by atoms with van der Waals surface area (Å²) in [6.45, 7) is 1.63. The number of rotatable bonds is 8. The van der Waals surface area contributed by atoms with Crippen molar-refractivity contribution in [3.63, 3.8) is 0 Å². The number of carboxylic acids is 1. The van der Waals surface area contributed by atoms with Crippen molar-refractivity contribution >= 4 is 17.8 Å². The molecule has 0 heterocycles. The zero-order valence-corrected chi connectivity index (χ0v) is 18.2. The molecule has 0 saturated heterocycles. The van der Waals surface area contributed by atoms with Gasteiger partial charge in [-0.05, 0) is 44.6 Å². The van der Waals surface area contributed by atoms with Gasteiger partial charge in [0.15, 0.2) is 0 Å². The van der Waals surface area contributed by atoms with Gasteiger partial charge in [0.1, 0.15) is 0 Å². The number of alkyl halides is 3. The molecule has 1 fully saturated rings. The highest BCUT2D eigenvalue weighted by molar-refractivity contribution is 5.88. The Bertz CT molecular complexity index is 800. The van der Waals surface area contributed by atoms with Crippen molar-refractivity contribution in [2.45, 2.75) is 69.4 Å². The molecule has 6 N–H and O–H groups in total. The molecule has 1 aromatic rings. The van der Waals surface area contributed by atoms with E-state index in [1.54, 1.807) is 13.0 Å². The van der Waals surface area contributed by atoms with Gasteiger partial charge in [0.2, 0.25) is 11.8 Å². The number of aliphatic hydroxyl groups is 1. The van der Waals surface area contributed by atoms with Crippen LogP contribution in [-0.4, -0.2) is 58.4 Å². The lowest BCUT2D eigenvalue weighted by molar-refractivity contribution is -0.192. The average molecular weight is 473 g/mol. The number of halogens is 3. The summed E-state index contributed by atoms with van der Waals surface area (Å²) in [6, 6.07) is 9.13. The summed E-state index contributed by atoms with van der Waals surface area (Å²) in [5.41, 5.74) is 6.80. The first-order valence-corrected chi connectivity index (χ1v) is 10.4. The fourth-order valence-electron chi connectivity index (χ4n) is 3.04. The summed E-state index contributed by atoms with van der Waals surface area (Å²) in [5.74, 6) is -3.21. The van der Waals surface area contributed by atoms with E-state index in [1.165, 1.54) is 11.6 Å². The predicted octanol–water partition coefficient (Wildman–Crippen LogP) is 1.67. The molecule has 0 unspecified atom stereocenters. The number of carbonyl (C=O) groups excluding carboxylic acids is 2. The van der Waals surface area contributed by atoms with Crippen LogP contribution in [0.1, 0.15) is 38.2 Å². The van der Waals surface area contributed by atoms with Crippen LogP contribution in [0.25, 0.3) is 0 Å². The zero-order chi connectivity index (χ0) is 25.0. The molecule has 8 nitrogen and oxygen atoms in total. The molecule has 33 heavy (non-hydrogen) atoms. The third kappa shape index (κ3) is 12.0. The summed E-state index contributed by atoms with van der Waals surface area (Å²) in [7, 11) is 0. The van der Waals surface area contributed by atoms with E-state index in [0.29, 0.717) is 12.8 Å². The molecule has 184 valence electrons. The topological polar surface area (TPSA) is 142 Å². The smallest absolute Gasteiger partial charge is 0.475 e. The monoisotopic (exact) mass is 473 g/mol. The fraction of sp³-hybridized carbons (Fsp3) is 0.500. The van der Waals surface area contributed by atoms with Crippen LogP contribution in [-0.2, 0) is 20.8 Å². The second-order valence-corrected chi connectivity index (χ2v) is 7.76. The van der Waals surface area contributed by atoms with E-state index in [4.69, 9.17) is 15.6 Å². The molecule has 2 amide bonds. The van der Waals surface area contributed by atoms with Gasteiger partial charge in [-0.3, -0.25) is 9.59 Å². The van der Waals surface area contributed by atoms with Gasteiger partial charge in [0, 0.05) is 18.2 Å². The zero-order valence-electron chi connectivity index (χ0n) is 18.2. The van der Waals surface area contributed by atoms with Crippen molar-refractivity contribution < 1.29 is 37.8 Å². The highest BCUT2D eigenvalue weighted by Crippen LogP contribution is 2.18. The SMILES string of the molecule is C[C@H](N)C(=O)N[C@H](C=CC(=O)N[C@H]1CC[C@H](O)C1)CCc1ccccc1.O=C(O)C(F)(F)F. The van der Waals surface area contributed by atoms with Crippen molar-refractivity contribution in [2.75, 3.05) is 0 Å². The van der Waals surface area contributed by atoms with Crippen molar-refractivity contribution in [1.29, 1.82) is 0 Å². The Hall–Kier alpha value is -2.92. The number of carbonyl (C=O) groups is 3. The average Bonchev–Trinajstić information content (AvgIpc) is 3.14. The van der Waals surface area contributed by atoms with Crippen LogP contribution in [0.4, 0.5) is 13.2 Å². The first kappa shape index (κ1) is 28.1. The Morgan fingerprint density at radius 2 is 1.82 bits per heavy atom. The maximum atomic E-state index is 12.1. The third-order valence-corrected chi connectivity index (χ3v) is 4.80. The summed E-state index contributed by atoms with van der Waals surface area (Å²) in [6.07, 6.45) is 1.33. The molecule has 0 aliphatic heterocycles. The minimum atomic E-state index is -5.08. The van der Waals surface area contributed by atoms with Crippen LogP contribution in [0.15, 0.2) is 42.5 Å². The van der Waals surface area contributed by atoms with Crippen molar-refractivity contribution in [2.24, 2.45) is 5.73 Å². The number of hydrogen-bond donors (Lipinski definition) is 5. The standard InChI is InChI=1S/C20H29N3O3.C2HF3O2/c1-14(21)20(26)23-16(8-7-15-5-3-2-4-6-15)10-12-19(25)22-17-9-11-18(24)13-17;3-2(4,5)1(6)7/h2-6,10,12,14,16-18,24H,7-9,11,13,21H2,1H3,(H,22,25)(H,23,26);(H,6,7)/t14-,16-,17-,18-;/m0./s1. The summed E-state index contributed by atoms with van der Waals surface area (Å²) < 4.78 is 31.7. The fourth-order valence-corrected chi connectivity index (χ4v) is 3.04. The lowest BCUT2D eigenvalue weighted by Gasteiger charge is -2.17. The molecular weight excluding hydrogens is 443 g/mol. The second-order valence-electron chi connectivity index (χ2n) is 7.76. The van der Waals surface area contributed by atoms with E-state index in [1.807, 2.05) is 30.3 Å².